The average Bonchev–Trinajstić information content (AvgIpc) is 2.78. The molecule has 0 saturated carbocycles. The molecule has 3 aromatic rings. The number of nitrogens with zero attached hydrogens (tertiary/aromatic N) is 1. The highest BCUT2D eigenvalue weighted by atomic mass is 19.2. The lowest BCUT2D eigenvalue weighted by Crippen LogP contribution is -2.47. The molecule has 162 valence electrons. The summed E-state index contributed by atoms with van der Waals surface area (Å²) in [6, 6.07) is 16.8. The molecule has 1 heterocycles. The Morgan fingerprint density at radius 1 is 1.23 bits per heavy atom. The summed E-state index contributed by atoms with van der Waals surface area (Å²) < 4.78 is 33.5. The van der Waals surface area contributed by atoms with E-state index in [-0.39, 0.29) is 12.1 Å². The smallest absolute Gasteiger partial charge is 0.338 e. The van der Waals surface area contributed by atoms with Gasteiger partial charge < -0.3 is 20.1 Å². The number of carbonyl (C=O) groups is 1. The summed E-state index contributed by atoms with van der Waals surface area (Å²) in [5.41, 5.74) is 0.866. The fourth-order valence-electron chi connectivity index (χ4n) is 4.04. The first kappa shape index (κ1) is 21.2. The molecule has 0 radical (unpaired) electrons. The summed E-state index contributed by atoms with van der Waals surface area (Å²) in [6.45, 7) is 3.99. The predicted octanol–water partition coefficient (Wildman–Crippen LogP) is 4.37. The molecular weight excluding hydrogens is 402 g/mol. The SMILES string of the molecule is C[C@@H](NCC1CN(c2cc(F)c(F)c(C(=O)O)c2)CCO1)c1cccc2ccccc12. The molecule has 3 aromatic carbocycles. The molecule has 1 aliphatic rings. The van der Waals surface area contributed by atoms with E-state index < -0.39 is 23.2 Å². The maximum atomic E-state index is 13.9. The van der Waals surface area contributed by atoms with Crippen molar-refractivity contribution in [3.63, 3.8) is 0 Å². The van der Waals surface area contributed by atoms with Gasteiger partial charge in [-0.05, 0) is 29.3 Å². The van der Waals surface area contributed by atoms with Gasteiger partial charge >= 0.3 is 5.97 Å². The van der Waals surface area contributed by atoms with Gasteiger partial charge in [0.05, 0.1) is 12.7 Å². The molecule has 31 heavy (non-hydrogen) atoms. The number of rotatable bonds is 6. The van der Waals surface area contributed by atoms with Crippen molar-refractivity contribution in [3.05, 3.63) is 77.4 Å². The Balaban J connectivity index is 1.44. The maximum Gasteiger partial charge on any atom is 0.338 e. The Bertz CT molecular complexity index is 1100. The average molecular weight is 426 g/mol. The molecule has 0 spiro atoms. The quantitative estimate of drug-likeness (QED) is 0.613. The minimum absolute atomic E-state index is 0.0898. The zero-order valence-corrected chi connectivity index (χ0v) is 17.1. The van der Waals surface area contributed by atoms with E-state index in [4.69, 9.17) is 9.84 Å². The third-order valence-electron chi connectivity index (χ3n) is 5.69. The third-order valence-corrected chi connectivity index (χ3v) is 5.69. The second kappa shape index (κ2) is 8.99. The van der Waals surface area contributed by atoms with Crippen LogP contribution >= 0.6 is 0 Å². The minimum atomic E-state index is -1.49. The van der Waals surface area contributed by atoms with Crippen LogP contribution in [0.1, 0.15) is 28.9 Å². The molecule has 7 heteroatoms. The van der Waals surface area contributed by atoms with E-state index in [1.165, 1.54) is 22.4 Å². The van der Waals surface area contributed by atoms with E-state index in [0.29, 0.717) is 31.9 Å². The standard InChI is InChI=1S/C24H24F2N2O3/c1-15(19-8-4-6-16-5-2-3-7-20(16)19)27-13-18-14-28(9-10-31-18)17-11-21(24(29)30)23(26)22(25)12-17/h2-8,11-12,15,18,27H,9-10,13-14H2,1H3,(H,29,30)/t15-,18?/m1/s1. The van der Waals surface area contributed by atoms with Crippen molar-refractivity contribution in [1.29, 1.82) is 0 Å². The van der Waals surface area contributed by atoms with Gasteiger partial charge in [0.2, 0.25) is 0 Å². The fourth-order valence-corrected chi connectivity index (χ4v) is 4.04. The van der Waals surface area contributed by atoms with Crippen molar-refractivity contribution < 1.29 is 23.4 Å². The highest BCUT2D eigenvalue weighted by Crippen LogP contribution is 2.26. The molecular formula is C24H24F2N2O3. The number of benzene rings is 3. The van der Waals surface area contributed by atoms with Crippen LogP contribution in [0.3, 0.4) is 0 Å². The van der Waals surface area contributed by atoms with Crippen molar-refractivity contribution in [2.24, 2.45) is 0 Å². The molecule has 0 amide bonds. The van der Waals surface area contributed by atoms with Crippen LogP contribution < -0.4 is 10.2 Å². The predicted molar refractivity (Wildman–Crippen MR) is 116 cm³/mol. The van der Waals surface area contributed by atoms with Crippen LogP contribution in [0.2, 0.25) is 0 Å². The van der Waals surface area contributed by atoms with Crippen LogP contribution in [-0.4, -0.2) is 43.4 Å². The normalized spacial score (nSPS) is 17.6. The van der Waals surface area contributed by atoms with Gasteiger partial charge in [-0.25, -0.2) is 13.6 Å². The lowest BCUT2D eigenvalue weighted by atomic mass is 9.99. The van der Waals surface area contributed by atoms with E-state index >= 15 is 0 Å². The second-order valence-corrected chi connectivity index (χ2v) is 7.73. The highest BCUT2D eigenvalue weighted by Gasteiger charge is 2.24. The van der Waals surface area contributed by atoms with Crippen molar-refractivity contribution in [3.8, 4) is 0 Å². The number of hydrogen-bond donors (Lipinski definition) is 2. The largest absolute Gasteiger partial charge is 0.478 e. The number of halogens is 2. The number of carboxylic acid groups (broad SMARTS) is 1. The molecule has 2 atom stereocenters. The van der Waals surface area contributed by atoms with Crippen LogP contribution in [-0.2, 0) is 4.74 Å². The Kier molecular flexibility index (Phi) is 6.15. The van der Waals surface area contributed by atoms with Gasteiger partial charge in [-0.1, -0.05) is 42.5 Å². The number of carboxylic acids is 1. The van der Waals surface area contributed by atoms with Crippen LogP contribution in [0, 0.1) is 11.6 Å². The number of anilines is 1. The third kappa shape index (κ3) is 4.52. The van der Waals surface area contributed by atoms with Gasteiger partial charge in [-0.15, -0.1) is 0 Å². The second-order valence-electron chi connectivity index (χ2n) is 7.73. The summed E-state index contributed by atoms with van der Waals surface area (Å²) in [5, 5.41) is 15.0. The lowest BCUT2D eigenvalue weighted by Gasteiger charge is -2.35. The molecule has 1 fully saturated rings. The fraction of sp³-hybridized carbons (Fsp3) is 0.292. The zero-order valence-electron chi connectivity index (χ0n) is 17.1. The van der Waals surface area contributed by atoms with Gasteiger partial charge in [0.15, 0.2) is 11.6 Å². The number of aromatic carboxylic acids is 1. The van der Waals surface area contributed by atoms with Crippen molar-refractivity contribution in [2.45, 2.75) is 19.1 Å². The minimum Gasteiger partial charge on any atom is -0.478 e. The van der Waals surface area contributed by atoms with Gasteiger partial charge in [0.25, 0.3) is 0 Å². The Morgan fingerprint density at radius 2 is 2.00 bits per heavy atom. The molecule has 1 unspecified atom stereocenters. The summed E-state index contributed by atoms with van der Waals surface area (Å²) in [7, 11) is 0. The summed E-state index contributed by atoms with van der Waals surface area (Å²) in [4.78, 5) is 13.0. The van der Waals surface area contributed by atoms with Crippen LogP contribution in [0.25, 0.3) is 10.8 Å². The first-order valence-corrected chi connectivity index (χ1v) is 10.2. The monoisotopic (exact) mass is 426 g/mol. The first-order valence-electron chi connectivity index (χ1n) is 10.2. The molecule has 0 aromatic heterocycles. The zero-order chi connectivity index (χ0) is 22.0. The Hall–Kier alpha value is -3.03. The molecule has 4 rings (SSSR count). The van der Waals surface area contributed by atoms with Crippen molar-refractivity contribution in [2.75, 3.05) is 31.1 Å². The van der Waals surface area contributed by atoms with Gasteiger partial charge in [-0.2, -0.15) is 0 Å². The van der Waals surface area contributed by atoms with Gasteiger partial charge in [-0.3, -0.25) is 0 Å². The Labute approximate surface area is 179 Å². The van der Waals surface area contributed by atoms with Crippen molar-refractivity contribution >= 4 is 22.4 Å². The maximum absolute atomic E-state index is 13.9. The van der Waals surface area contributed by atoms with E-state index in [0.717, 1.165) is 6.07 Å². The number of nitrogens with one attached hydrogen (secondary N) is 1. The molecule has 2 N–H and O–H groups in total. The Morgan fingerprint density at radius 3 is 2.81 bits per heavy atom. The number of fused-ring (bicyclic) bond motifs is 1. The van der Waals surface area contributed by atoms with Crippen LogP contribution in [0.4, 0.5) is 14.5 Å². The number of morpholine rings is 1. The first-order chi connectivity index (χ1) is 14.9. The molecule has 0 bridgehead atoms. The lowest BCUT2D eigenvalue weighted by molar-refractivity contribution is 0.0394. The van der Waals surface area contributed by atoms with E-state index in [9.17, 15) is 13.6 Å². The van der Waals surface area contributed by atoms with E-state index in [2.05, 4.69) is 36.5 Å². The summed E-state index contributed by atoms with van der Waals surface area (Å²) >= 11 is 0. The highest BCUT2D eigenvalue weighted by molar-refractivity contribution is 5.89. The topological polar surface area (TPSA) is 61.8 Å². The van der Waals surface area contributed by atoms with Crippen LogP contribution in [0.15, 0.2) is 54.6 Å². The number of hydrogen-bond acceptors (Lipinski definition) is 4. The molecule has 0 aliphatic carbocycles. The molecule has 1 saturated heterocycles. The summed E-state index contributed by atoms with van der Waals surface area (Å²) in [5.74, 6) is -4.00. The van der Waals surface area contributed by atoms with Crippen LogP contribution in [0.5, 0.6) is 0 Å². The van der Waals surface area contributed by atoms with Gasteiger partial charge in [0.1, 0.15) is 5.56 Å². The van der Waals surface area contributed by atoms with Gasteiger partial charge in [0, 0.05) is 37.4 Å². The van der Waals surface area contributed by atoms with Crippen molar-refractivity contribution in [1.82, 2.24) is 5.32 Å². The molecule has 5 nitrogen and oxygen atoms in total. The molecule has 1 aliphatic heterocycles. The van der Waals surface area contributed by atoms with E-state index in [1.807, 2.05) is 23.1 Å². The summed E-state index contributed by atoms with van der Waals surface area (Å²) in [6.07, 6.45) is -0.174. The number of ether oxygens (including phenoxy) is 1. The van der Waals surface area contributed by atoms with E-state index in [1.54, 1.807) is 0 Å².